The molecule has 0 bridgehead atoms. The highest BCUT2D eigenvalue weighted by Crippen LogP contribution is 2.32. The first-order chi connectivity index (χ1) is 9.63. The van der Waals surface area contributed by atoms with Gasteiger partial charge >= 0.3 is 0 Å². The largest absolute Gasteiger partial charge is 0.507 e. The van der Waals surface area contributed by atoms with Crippen molar-refractivity contribution in [2.45, 2.75) is 19.8 Å². The van der Waals surface area contributed by atoms with Gasteiger partial charge in [0.1, 0.15) is 17.3 Å². The van der Waals surface area contributed by atoms with E-state index in [0.29, 0.717) is 24.3 Å². The molecule has 2 rings (SSSR count). The molecule has 0 spiro atoms. The normalized spacial score (nSPS) is 10.8. The van der Waals surface area contributed by atoms with Gasteiger partial charge < -0.3 is 16.2 Å². The molecule has 0 unspecified atom stereocenters. The van der Waals surface area contributed by atoms with Gasteiger partial charge in [-0.2, -0.15) is 0 Å². The highest BCUT2D eigenvalue weighted by Gasteiger charge is 2.14. The van der Waals surface area contributed by atoms with Crippen LogP contribution in [0.15, 0.2) is 30.5 Å². The molecule has 1 heterocycles. The van der Waals surface area contributed by atoms with Crippen LogP contribution >= 0.6 is 0 Å². The number of phenolic OH excluding ortho intramolecular Hbond substituents is 1. The summed E-state index contributed by atoms with van der Waals surface area (Å²) in [6, 6.07) is 7.16. The van der Waals surface area contributed by atoms with Crippen LogP contribution in [0.25, 0.3) is 11.3 Å². The maximum Gasteiger partial charge on any atom is 0.131 e. The van der Waals surface area contributed by atoms with Crippen LogP contribution in [0.4, 0.5) is 5.69 Å². The van der Waals surface area contributed by atoms with Gasteiger partial charge in [-0.1, -0.05) is 26.0 Å². The molecule has 20 heavy (non-hydrogen) atoms. The molecule has 106 valence electrons. The molecule has 4 N–H and O–H groups in total. The minimum atomic E-state index is 0.205. The fourth-order valence-electron chi connectivity index (χ4n) is 1.89. The second-order valence-corrected chi connectivity index (χ2v) is 4.88. The van der Waals surface area contributed by atoms with Crippen LogP contribution in [-0.4, -0.2) is 28.2 Å². The zero-order valence-corrected chi connectivity index (χ0v) is 11.8. The number of rotatable bonds is 5. The summed E-state index contributed by atoms with van der Waals surface area (Å²) >= 11 is 0. The Morgan fingerprint density at radius 1 is 1.30 bits per heavy atom. The van der Waals surface area contributed by atoms with E-state index in [0.717, 1.165) is 11.5 Å². The maximum atomic E-state index is 10.0. The van der Waals surface area contributed by atoms with Crippen molar-refractivity contribution in [2.24, 2.45) is 5.73 Å². The topological polar surface area (TPSA) is 84.1 Å². The molecule has 5 heteroatoms. The SMILES string of the molecule is CC(C)c1ncc(NCCN)c(-c2ccccc2O)n1. The summed E-state index contributed by atoms with van der Waals surface area (Å²) in [7, 11) is 0. The fraction of sp³-hybridized carbons (Fsp3) is 0.333. The summed E-state index contributed by atoms with van der Waals surface area (Å²) in [5, 5.41) is 13.2. The molecular formula is C15H20N4O. The third kappa shape index (κ3) is 3.05. The molecule has 0 amide bonds. The maximum absolute atomic E-state index is 10.0. The Morgan fingerprint density at radius 2 is 2.05 bits per heavy atom. The van der Waals surface area contributed by atoms with E-state index in [1.54, 1.807) is 18.3 Å². The highest BCUT2D eigenvalue weighted by atomic mass is 16.3. The molecule has 0 saturated carbocycles. The van der Waals surface area contributed by atoms with Crippen molar-refractivity contribution in [3.8, 4) is 17.0 Å². The summed E-state index contributed by atoms with van der Waals surface area (Å²) in [6.45, 7) is 5.23. The molecule has 0 atom stereocenters. The quantitative estimate of drug-likeness (QED) is 0.778. The van der Waals surface area contributed by atoms with Crippen molar-refractivity contribution in [3.63, 3.8) is 0 Å². The van der Waals surface area contributed by atoms with E-state index in [4.69, 9.17) is 5.73 Å². The monoisotopic (exact) mass is 272 g/mol. The van der Waals surface area contributed by atoms with Gasteiger partial charge in [-0.3, -0.25) is 0 Å². The standard InChI is InChI=1S/C15H20N4O/c1-10(2)15-18-9-12(17-8-7-16)14(19-15)11-5-3-4-6-13(11)20/h3-6,9-10,17,20H,7-8,16H2,1-2H3. The minimum absolute atomic E-state index is 0.205. The van der Waals surface area contributed by atoms with Crippen LogP contribution in [0.1, 0.15) is 25.6 Å². The predicted molar refractivity (Wildman–Crippen MR) is 80.8 cm³/mol. The van der Waals surface area contributed by atoms with Gasteiger partial charge in [0, 0.05) is 24.6 Å². The molecule has 0 radical (unpaired) electrons. The van der Waals surface area contributed by atoms with Gasteiger partial charge in [0.25, 0.3) is 0 Å². The number of nitrogens with one attached hydrogen (secondary N) is 1. The van der Waals surface area contributed by atoms with Crippen molar-refractivity contribution < 1.29 is 5.11 Å². The molecule has 0 aliphatic rings. The molecule has 2 aromatic rings. The van der Waals surface area contributed by atoms with Crippen molar-refractivity contribution in [1.82, 2.24) is 9.97 Å². The first kappa shape index (κ1) is 14.3. The summed E-state index contributed by atoms with van der Waals surface area (Å²) in [5.74, 6) is 1.18. The Labute approximate surface area is 118 Å². The van der Waals surface area contributed by atoms with Crippen LogP contribution in [-0.2, 0) is 0 Å². The Balaban J connectivity index is 2.51. The molecule has 5 nitrogen and oxygen atoms in total. The number of para-hydroxylation sites is 1. The Bertz CT molecular complexity index is 584. The lowest BCUT2D eigenvalue weighted by Crippen LogP contribution is -2.14. The van der Waals surface area contributed by atoms with Gasteiger partial charge in [0.05, 0.1) is 11.9 Å². The van der Waals surface area contributed by atoms with E-state index >= 15 is 0 Å². The third-order valence-corrected chi connectivity index (χ3v) is 2.94. The van der Waals surface area contributed by atoms with Gasteiger partial charge in [-0.25, -0.2) is 9.97 Å². The van der Waals surface area contributed by atoms with E-state index < -0.39 is 0 Å². The number of phenols is 1. The molecule has 0 fully saturated rings. The van der Waals surface area contributed by atoms with Gasteiger partial charge in [0.15, 0.2) is 0 Å². The lowest BCUT2D eigenvalue weighted by Gasteiger charge is -2.14. The number of hydrogen-bond donors (Lipinski definition) is 3. The Morgan fingerprint density at radius 3 is 2.70 bits per heavy atom. The first-order valence-electron chi connectivity index (χ1n) is 6.72. The number of anilines is 1. The van der Waals surface area contributed by atoms with Crippen LogP contribution in [0.2, 0.25) is 0 Å². The molecule has 0 aliphatic heterocycles. The second-order valence-electron chi connectivity index (χ2n) is 4.88. The summed E-state index contributed by atoms with van der Waals surface area (Å²) in [6.07, 6.45) is 1.75. The second kappa shape index (κ2) is 6.34. The third-order valence-electron chi connectivity index (χ3n) is 2.94. The van der Waals surface area contributed by atoms with Crippen LogP contribution < -0.4 is 11.1 Å². The van der Waals surface area contributed by atoms with Crippen molar-refractivity contribution >= 4 is 5.69 Å². The highest BCUT2D eigenvalue weighted by molar-refractivity contribution is 5.77. The number of hydrogen-bond acceptors (Lipinski definition) is 5. The van der Waals surface area contributed by atoms with Gasteiger partial charge in [0.2, 0.25) is 0 Å². The molecule has 1 aromatic heterocycles. The average molecular weight is 272 g/mol. The summed E-state index contributed by atoms with van der Waals surface area (Å²) in [5.41, 5.74) is 7.69. The molecule has 0 saturated heterocycles. The Kier molecular flexibility index (Phi) is 4.53. The Hall–Kier alpha value is -2.14. The predicted octanol–water partition coefficient (Wildman–Crippen LogP) is 2.34. The number of benzene rings is 1. The van der Waals surface area contributed by atoms with Gasteiger partial charge in [-0.05, 0) is 12.1 Å². The minimum Gasteiger partial charge on any atom is -0.507 e. The van der Waals surface area contributed by atoms with Crippen molar-refractivity contribution in [1.29, 1.82) is 0 Å². The van der Waals surface area contributed by atoms with E-state index in [-0.39, 0.29) is 11.7 Å². The van der Waals surface area contributed by atoms with Crippen molar-refractivity contribution in [3.05, 3.63) is 36.3 Å². The van der Waals surface area contributed by atoms with E-state index in [1.807, 2.05) is 26.0 Å². The molecule has 0 aliphatic carbocycles. The zero-order chi connectivity index (χ0) is 14.5. The van der Waals surface area contributed by atoms with E-state index in [2.05, 4.69) is 15.3 Å². The van der Waals surface area contributed by atoms with Crippen LogP contribution in [0.5, 0.6) is 5.75 Å². The molecular weight excluding hydrogens is 252 g/mol. The number of nitrogens with two attached hydrogens (primary N) is 1. The number of aromatic hydroxyl groups is 1. The number of aromatic nitrogens is 2. The zero-order valence-electron chi connectivity index (χ0n) is 11.8. The van der Waals surface area contributed by atoms with Crippen LogP contribution in [0, 0.1) is 0 Å². The van der Waals surface area contributed by atoms with Crippen molar-refractivity contribution in [2.75, 3.05) is 18.4 Å². The number of nitrogens with zero attached hydrogens (tertiary/aromatic N) is 2. The summed E-state index contributed by atoms with van der Waals surface area (Å²) in [4.78, 5) is 8.93. The average Bonchev–Trinajstić information content (AvgIpc) is 2.45. The lowest BCUT2D eigenvalue weighted by atomic mass is 10.1. The lowest BCUT2D eigenvalue weighted by molar-refractivity contribution is 0.477. The molecule has 1 aromatic carbocycles. The van der Waals surface area contributed by atoms with E-state index in [1.165, 1.54) is 0 Å². The summed E-state index contributed by atoms with van der Waals surface area (Å²) < 4.78 is 0. The van der Waals surface area contributed by atoms with E-state index in [9.17, 15) is 5.11 Å². The fourth-order valence-corrected chi connectivity index (χ4v) is 1.89. The van der Waals surface area contributed by atoms with Crippen LogP contribution in [0.3, 0.4) is 0 Å². The smallest absolute Gasteiger partial charge is 0.131 e. The first-order valence-corrected chi connectivity index (χ1v) is 6.72. The van der Waals surface area contributed by atoms with Gasteiger partial charge in [-0.15, -0.1) is 0 Å².